The minimum Gasteiger partial charge on any atom is -0.354 e. The van der Waals surface area contributed by atoms with E-state index < -0.39 is 0 Å². The largest absolute Gasteiger partial charge is 0.354 e. The van der Waals surface area contributed by atoms with E-state index in [-0.39, 0.29) is 0 Å². The van der Waals surface area contributed by atoms with Crippen molar-refractivity contribution in [2.24, 2.45) is 5.18 Å². The molecule has 0 bridgehead atoms. The molecule has 0 spiro atoms. The fourth-order valence-electron chi connectivity index (χ4n) is 1.84. The van der Waals surface area contributed by atoms with Crippen molar-refractivity contribution < 1.29 is 0 Å². The highest BCUT2D eigenvalue weighted by molar-refractivity contribution is 5.33. The molecule has 0 fully saturated rings. The third kappa shape index (κ3) is 6.05. The zero-order valence-electron chi connectivity index (χ0n) is 10.6. The zero-order valence-corrected chi connectivity index (χ0v) is 10.6. The zero-order chi connectivity index (χ0) is 12.3. The fourth-order valence-corrected chi connectivity index (χ4v) is 1.84. The van der Waals surface area contributed by atoms with Crippen LogP contribution >= 0.6 is 0 Å². The maximum atomic E-state index is 10.0. The molecule has 1 heterocycles. The Kier molecular flexibility index (Phi) is 7.03. The van der Waals surface area contributed by atoms with Crippen molar-refractivity contribution in [3.05, 3.63) is 41.2 Å². The molecular formula is C14H22N2O. The molecular weight excluding hydrogens is 212 g/mol. The summed E-state index contributed by atoms with van der Waals surface area (Å²) in [5.74, 6) is 0. The molecule has 1 rings (SSSR count). The van der Waals surface area contributed by atoms with Crippen molar-refractivity contribution in [1.29, 1.82) is 0 Å². The van der Waals surface area contributed by atoms with Crippen LogP contribution in [0.3, 0.4) is 0 Å². The molecule has 0 aromatic carbocycles. The van der Waals surface area contributed by atoms with E-state index in [1.54, 1.807) is 0 Å². The van der Waals surface area contributed by atoms with E-state index in [1.165, 1.54) is 44.7 Å². The van der Waals surface area contributed by atoms with Crippen LogP contribution in [-0.4, -0.2) is 11.4 Å². The van der Waals surface area contributed by atoms with Crippen LogP contribution in [0.2, 0.25) is 0 Å². The summed E-state index contributed by atoms with van der Waals surface area (Å²) in [4.78, 5) is 12.2. The standard InChI is InChI=1S/C14H22N2O/c1-2-3-4-5-6-7-10-16-11-8-14(9-12-16)13-15-17/h8-9,11-13H,2-7,10H2,1H3. The number of nitroso groups, excluding NO2 is 1. The summed E-state index contributed by atoms with van der Waals surface area (Å²) < 4.78 is 0. The van der Waals surface area contributed by atoms with Crippen molar-refractivity contribution in [3.63, 3.8) is 0 Å². The summed E-state index contributed by atoms with van der Waals surface area (Å²) in [7, 11) is 0. The Morgan fingerprint density at radius 2 is 1.76 bits per heavy atom. The predicted octanol–water partition coefficient (Wildman–Crippen LogP) is 4.34. The van der Waals surface area contributed by atoms with Crippen LogP contribution in [0.4, 0.5) is 0 Å². The molecule has 1 aliphatic heterocycles. The maximum Gasteiger partial charge on any atom is 0.0788 e. The monoisotopic (exact) mass is 234 g/mol. The molecule has 0 atom stereocenters. The summed E-state index contributed by atoms with van der Waals surface area (Å²) in [5, 5.41) is 2.76. The summed E-state index contributed by atoms with van der Waals surface area (Å²) in [5.41, 5.74) is 0.860. The molecule has 0 saturated heterocycles. The van der Waals surface area contributed by atoms with Crippen LogP contribution in [-0.2, 0) is 0 Å². The Morgan fingerprint density at radius 1 is 1.12 bits per heavy atom. The number of hydrogen-bond donors (Lipinski definition) is 0. The van der Waals surface area contributed by atoms with E-state index in [9.17, 15) is 4.91 Å². The lowest BCUT2D eigenvalue weighted by Crippen LogP contribution is -2.13. The summed E-state index contributed by atoms with van der Waals surface area (Å²) >= 11 is 0. The number of allylic oxidation sites excluding steroid dienone is 3. The van der Waals surface area contributed by atoms with E-state index in [4.69, 9.17) is 0 Å². The number of unbranched alkanes of at least 4 members (excludes halogenated alkanes) is 5. The first-order chi connectivity index (χ1) is 8.36. The first-order valence-electron chi connectivity index (χ1n) is 6.51. The molecule has 0 unspecified atom stereocenters. The molecule has 0 aliphatic carbocycles. The van der Waals surface area contributed by atoms with Crippen LogP contribution in [0.1, 0.15) is 45.4 Å². The first kappa shape index (κ1) is 13.7. The van der Waals surface area contributed by atoms with Gasteiger partial charge in [0.15, 0.2) is 0 Å². The van der Waals surface area contributed by atoms with Crippen LogP contribution < -0.4 is 0 Å². The van der Waals surface area contributed by atoms with Crippen molar-refractivity contribution in [3.8, 4) is 0 Å². The second-order valence-electron chi connectivity index (χ2n) is 4.37. The smallest absolute Gasteiger partial charge is 0.0788 e. The molecule has 94 valence electrons. The molecule has 1 aliphatic rings. The van der Waals surface area contributed by atoms with E-state index in [1.807, 2.05) is 24.6 Å². The van der Waals surface area contributed by atoms with Gasteiger partial charge in [-0.25, -0.2) is 0 Å². The topological polar surface area (TPSA) is 32.7 Å². The molecule has 0 N–H and O–H groups in total. The van der Waals surface area contributed by atoms with Gasteiger partial charge in [-0.1, -0.05) is 39.0 Å². The van der Waals surface area contributed by atoms with Crippen LogP contribution in [0.25, 0.3) is 0 Å². The van der Waals surface area contributed by atoms with Gasteiger partial charge in [-0.15, -0.1) is 4.91 Å². The lowest BCUT2D eigenvalue weighted by Gasteiger charge is -2.18. The molecule has 17 heavy (non-hydrogen) atoms. The molecule has 3 nitrogen and oxygen atoms in total. The van der Waals surface area contributed by atoms with E-state index in [0.29, 0.717) is 0 Å². The number of hydrogen-bond acceptors (Lipinski definition) is 3. The Labute approximate surface area is 104 Å². The lowest BCUT2D eigenvalue weighted by molar-refractivity contribution is 0.464. The third-order valence-electron chi connectivity index (χ3n) is 2.89. The number of rotatable bonds is 8. The van der Waals surface area contributed by atoms with Crippen LogP contribution in [0, 0.1) is 4.91 Å². The molecule has 0 aromatic rings. The highest BCUT2D eigenvalue weighted by atomic mass is 16.2. The van der Waals surface area contributed by atoms with E-state index in [2.05, 4.69) is 17.0 Å². The first-order valence-corrected chi connectivity index (χ1v) is 6.51. The second-order valence-corrected chi connectivity index (χ2v) is 4.37. The normalized spacial score (nSPS) is 14.2. The van der Waals surface area contributed by atoms with Crippen molar-refractivity contribution >= 4 is 0 Å². The SMILES string of the molecule is CCCCCCCCN1C=CC(=CN=O)C=C1. The van der Waals surface area contributed by atoms with Gasteiger partial charge in [-0.3, -0.25) is 0 Å². The Bertz CT molecular complexity index is 289. The predicted molar refractivity (Wildman–Crippen MR) is 72.2 cm³/mol. The van der Waals surface area contributed by atoms with Gasteiger partial charge in [0, 0.05) is 18.9 Å². The van der Waals surface area contributed by atoms with Crippen molar-refractivity contribution in [1.82, 2.24) is 4.90 Å². The van der Waals surface area contributed by atoms with Gasteiger partial charge in [-0.2, -0.15) is 0 Å². The highest BCUT2D eigenvalue weighted by Crippen LogP contribution is 2.11. The minimum absolute atomic E-state index is 0.860. The van der Waals surface area contributed by atoms with Crippen molar-refractivity contribution in [2.45, 2.75) is 45.4 Å². The summed E-state index contributed by atoms with van der Waals surface area (Å²) in [6.07, 6.45) is 17.1. The Hall–Kier alpha value is -1.38. The van der Waals surface area contributed by atoms with Gasteiger partial charge in [0.2, 0.25) is 0 Å². The molecule has 0 amide bonds. The van der Waals surface area contributed by atoms with Gasteiger partial charge < -0.3 is 4.90 Å². The van der Waals surface area contributed by atoms with E-state index >= 15 is 0 Å². The lowest BCUT2D eigenvalue weighted by atomic mass is 10.1. The van der Waals surface area contributed by atoms with Gasteiger partial charge in [0.25, 0.3) is 0 Å². The fraction of sp³-hybridized carbons (Fsp3) is 0.571. The number of nitrogens with zero attached hydrogens (tertiary/aromatic N) is 2. The third-order valence-corrected chi connectivity index (χ3v) is 2.89. The minimum atomic E-state index is 0.860. The average molecular weight is 234 g/mol. The summed E-state index contributed by atoms with van der Waals surface area (Å²) in [6, 6.07) is 0. The second kappa shape index (κ2) is 8.74. The van der Waals surface area contributed by atoms with Crippen LogP contribution in [0.15, 0.2) is 41.5 Å². The van der Waals surface area contributed by atoms with E-state index in [0.717, 1.165) is 12.1 Å². The Balaban J connectivity index is 2.10. The quantitative estimate of drug-likeness (QED) is 0.462. The molecule has 0 saturated carbocycles. The summed E-state index contributed by atoms with van der Waals surface area (Å²) in [6.45, 7) is 3.30. The van der Waals surface area contributed by atoms with Gasteiger partial charge >= 0.3 is 0 Å². The van der Waals surface area contributed by atoms with Crippen LogP contribution in [0.5, 0.6) is 0 Å². The van der Waals surface area contributed by atoms with Gasteiger partial charge in [0.05, 0.1) is 6.20 Å². The maximum absolute atomic E-state index is 10.0. The highest BCUT2D eigenvalue weighted by Gasteiger charge is 2.00. The molecule has 0 radical (unpaired) electrons. The van der Waals surface area contributed by atoms with Gasteiger partial charge in [0.1, 0.15) is 0 Å². The van der Waals surface area contributed by atoms with Gasteiger partial charge in [-0.05, 0) is 29.3 Å². The Morgan fingerprint density at radius 3 is 2.41 bits per heavy atom. The average Bonchev–Trinajstić information content (AvgIpc) is 2.36. The molecule has 3 heteroatoms. The molecule has 0 aromatic heterocycles. The van der Waals surface area contributed by atoms with Crippen molar-refractivity contribution in [2.75, 3.05) is 6.54 Å².